The van der Waals surface area contributed by atoms with E-state index in [1.165, 1.54) is 12.1 Å². The molecule has 2 heterocycles. The Balaban J connectivity index is 1.51. The molecular formula is C16H19FN4O2. The Bertz CT molecular complexity index is 675. The molecule has 0 aliphatic carbocycles. The molecule has 1 N–H and O–H groups in total. The maximum Gasteiger partial charge on any atom is 0.251 e. The van der Waals surface area contributed by atoms with Crippen molar-refractivity contribution in [2.75, 3.05) is 19.8 Å². The molecular weight excluding hydrogens is 299 g/mol. The van der Waals surface area contributed by atoms with Crippen molar-refractivity contribution in [1.29, 1.82) is 0 Å². The molecule has 7 heteroatoms. The van der Waals surface area contributed by atoms with E-state index in [0.29, 0.717) is 25.1 Å². The van der Waals surface area contributed by atoms with Gasteiger partial charge in [-0.05, 0) is 37.1 Å². The molecule has 0 radical (unpaired) electrons. The van der Waals surface area contributed by atoms with Gasteiger partial charge in [-0.1, -0.05) is 5.21 Å². The van der Waals surface area contributed by atoms with E-state index in [9.17, 15) is 9.18 Å². The Kier molecular flexibility index (Phi) is 4.66. The second-order valence-corrected chi connectivity index (χ2v) is 5.73. The third-order valence-electron chi connectivity index (χ3n) is 3.81. The fourth-order valence-corrected chi connectivity index (χ4v) is 2.61. The highest BCUT2D eigenvalue weighted by Crippen LogP contribution is 2.17. The third kappa shape index (κ3) is 3.92. The largest absolute Gasteiger partial charge is 0.379 e. The van der Waals surface area contributed by atoms with Gasteiger partial charge in [-0.2, -0.15) is 0 Å². The van der Waals surface area contributed by atoms with Gasteiger partial charge in [0, 0.05) is 31.3 Å². The molecule has 1 aromatic heterocycles. The number of carbonyl (C=O) groups is 1. The summed E-state index contributed by atoms with van der Waals surface area (Å²) in [4.78, 5) is 12.0. The van der Waals surface area contributed by atoms with Crippen LogP contribution in [0.1, 0.15) is 34.1 Å². The Hall–Kier alpha value is -2.28. The highest BCUT2D eigenvalue weighted by molar-refractivity contribution is 5.94. The van der Waals surface area contributed by atoms with Crippen molar-refractivity contribution in [1.82, 2.24) is 20.3 Å². The first-order valence-electron chi connectivity index (χ1n) is 7.65. The zero-order chi connectivity index (χ0) is 16.2. The fraction of sp³-hybridized carbons (Fsp3) is 0.438. The SMILES string of the molecule is Cc1cc(F)cc(C(=O)NCCc2cn(C3CCOC3)nn2)c1. The standard InChI is InChI=1S/C16H19FN4O2/c1-11-6-12(8-13(17)7-11)16(22)18-4-2-14-9-21(20-19-14)15-3-5-23-10-15/h6-9,15H,2-5,10H2,1H3,(H,18,22). The lowest BCUT2D eigenvalue weighted by molar-refractivity contribution is 0.0953. The molecule has 0 spiro atoms. The number of aryl methyl sites for hydroxylation is 1. The van der Waals surface area contributed by atoms with E-state index in [1.807, 2.05) is 10.9 Å². The molecule has 23 heavy (non-hydrogen) atoms. The number of carbonyl (C=O) groups excluding carboxylic acids is 1. The third-order valence-corrected chi connectivity index (χ3v) is 3.81. The average molecular weight is 318 g/mol. The summed E-state index contributed by atoms with van der Waals surface area (Å²) in [6.07, 6.45) is 3.41. The van der Waals surface area contributed by atoms with Gasteiger partial charge in [0.2, 0.25) is 0 Å². The number of halogens is 1. The Morgan fingerprint density at radius 1 is 1.48 bits per heavy atom. The van der Waals surface area contributed by atoms with Gasteiger partial charge in [0.15, 0.2) is 0 Å². The summed E-state index contributed by atoms with van der Waals surface area (Å²) in [5.41, 5.74) is 1.86. The van der Waals surface area contributed by atoms with Crippen LogP contribution in [-0.4, -0.2) is 40.7 Å². The summed E-state index contributed by atoms with van der Waals surface area (Å²) in [6, 6.07) is 4.54. The summed E-state index contributed by atoms with van der Waals surface area (Å²) in [7, 11) is 0. The molecule has 6 nitrogen and oxygen atoms in total. The maximum atomic E-state index is 13.3. The van der Waals surface area contributed by atoms with Crippen LogP contribution in [0.5, 0.6) is 0 Å². The molecule has 1 aliphatic rings. The number of aromatic nitrogens is 3. The van der Waals surface area contributed by atoms with Gasteiger partial charge in [0.25, 0.3) is 5.91 Å². The number of hydrogen-bond acceptors (Lipinski definition) is 4. The lowest BCUT2D eigenvalue weighted by Crippen LogP contribution is -2.26. The number of rotatable bonds is 5. The summed E-state index contributed by atoms with van der Waals surface area (Å²) in [5, 5.41) is 11.0. The molecule has 1 fully saturated rings. The van der Waals surface area contributed by atoms with Crippen LogP contribution in [0, 0.1) is 12.7 Å². The maximum absolute atomic E-state index is 13.3. The molecule has 3 rings (SSSR count). The van der Waals surface area contributed by atoms with Crippen LogP contribution in [0.2, 0.25) is 0 Å². The first-order valence-corrected chi connectivity index (χ1v) is 7.65. The van der Waals surface area contributed by atoms with E-state index < -0.39 is 5.82 Å². The van der Waals surface area contributed by atoms with Crippen molar-refractivity contribution in [2.24, 2.45) is 0 Å². The first kappa shape index (κ1) is 15.6. The topological polar surface area (TPSA) is 69.0 Å². The van der Waals surface area contributed by atoms with Crippen LogP contribution >= 0.6 is 0 Å². The minimum Gasteiger partial charge on any atom is -0.379 e. The fourth-order valence-electron chi connectivity index (χ4n) is 2.61. The second kappa shape index (κ2) is 6.87. The predicted molar refractivity (Wildman–Crippen MR) is 81.7 cm³/mol. The lowest BCUT2D eigenvalue weighted by Gasteiger charge is -2.06. The molecule has 1 saturated heterocycles. The molecule has 122 valence electrons. The van der Waals surface area contributed by atoms with Crippen LogP contribution in [0.25, 0.3) is 0 Å². The number of ether oxygens (including phenoxy) is 1. The van der Waals surface area contributed by atoms with Crippen molar-refractivity contribution < 1.29 is 13.9 Å². The summed E-state index contributed by atoms with van der Waals surface area (Å²) < 4.78 is 20.5. The van der Waals surface area contributed by atoms with Gasteiger partial charge in [0.1, 0.15) is 5.82 Å². The van der Waals surface area contributed by atoms with E-state index in [2.05, 4.69) is 15.6 Å². The number of amides is 1. The second-order valence-electron chi connectivity index (χ2n) is 5.73. The van der Waals surface area contributed by atoms with Crippen LogP contribution in [0.4, 0.5) is 4.39 Å². The normalized spacial score (nSPS) is 17.4. The minimum atomic E-state index is -0.406. The van der Waals surface area contributed by atoms with Gasteiger partial charge in [-0.3, -0.25) is 4.79 Å². The number of hydrogen-bond donors (Lipinski definition) is 1. The minimum absolute atomic E-state index is 0.251. The van der Waals surface area contributed by atoms with E-state index in [4.69, 9.17) is 4.74 Å². The molecule has 0 saturated carbocycles. The zero-order valence-corrected chi connectivity index (χ0v) is 13.0. The molecule has 1 unspecified atom stereocenters. The number of nitrogens with one attached hydrogen (secondary N) is 1. The molecule has 1 aromatic carbocycles. The Morgan fingerprint density at radius 3 is 3.09 bits per heavy atom. The zero-order valence-electron chi connectivity index (χ0n) is 13.0. The molecule has 1 amide bonds. The van der Waals surface area contributed by atoms with Crippen LogP contribution in [-0.2, 0) is 11.2 Å². The Labute approximate surface area is 133 Å². The monoisotopic (exact) mass is 318 g/mol. The number of benzene rings is 1. The predicted octanol–water partition coefficient (Wildman–Crippen LogP) is 1.66. The van der Waals surface area contributed by atoms with Crippen molar-refractivity contribution >= 4 is 5.91 Å². The number of nitrogens with zero attached hydrogens (tertiary/aromatic N) is 3. The van der Waals surface area contributed by atoms with Gasteiger partial charge in [0.05, 0.1) is 18.3 Å². The lowest BCUT2D eigenvalue weighted by atomic mass is 10.1. The van der Waals surface area contributed by atoms with Crippen molar-refractivity contribution in [3.8, 4) is 0 Å². The van der Waals surface area contributed by atoms with E-state index in [0.717, 1.165) is 24.3 Å². The van der Waals surface area contributed by atoms with Crippen molar-refractivity contribution in [2.45, 2.75) is 25.8 Å². The van der Waals surface area contributed by atoms with Crippen molar-refractivity contribution in [3.05, 3.63) is 47.0 Å². The van der Waals surface area contributed by atoms with E-state index in [-0.39, 0.29) is 11.9 Å². The average Bonchev–Trinajstić information content (AvgIpc) is 3.17. The van der Waals surface area contributed by atoms with E-state index in [1.54, 1.807) is 13.0 Å². The first-order chi connectivity index (χ1) is 11.1. The van der Waals surface area contributed by atoms with Crippen LogP contribution in [0.3, 0.4) is 0 Å². The molecule has 1 atom stereocenters. The van der Waals surface area contributed by atoms with Gasteiger partial charge in [-0.25, -0.2) is 9.07 Å². The quantitative estimate of drug-likeness (QED) is 0.910. The van der Waals surface area contributed by atoms with Crippen LogP contribution < -0.4 is 5.32 Å². The highest BCUT2D eigenvalue weighted by atomic mass is 19.1. The summed E-state index contributed by atoms with van der Waals surface area (Å²) in [5.74, 6) is -0.693. The summed E-state index contributed by atoms with van der Waals surface area (Å²) in [6.45, 7) is 3.60. The smallest absolute Gasteiger partial charge is 0.251 e. The van der Waals surface area contributed by atoms with Gasteiger partial charge in [-0.15, -0.1) is 5.10 Å². The van der Waals surface area contributed by atoms with Crippen LogP contribution in [0.15, 0.2) is 24.4 Å². The van der Waals surface area contributed by atoms with E-state index >= 15 is 0 Å². The highest BCUT2D eigenvalue weighted by Gasteiger charge is 2.18. The Morgan fingerprint density at radius 2 is 2.35 bits per heavy atom. The molecule has 0 bridgehead atoms. The van der Waals surface area contributed by atoms with Gasteiger partial charge < -0.3 is 10.1 Å². The molecule has 1 aliphatic heterocycles. The molecule has 2 aromatic rings. The van der Waals surface area contributed by atoms with Gasteiger partial charge >= 0.3 is 0 Å². The summed E-state index contributed by atoms with van der Waals surface area (Å²) >= 11 is 0. The van der Waals surface area contributed by atoms with Crippen molar-refractivity contribution in [3.63, 3.8) is 0 Å².